The molecule has 2 heterocycles. The summed E-state index contributed by atoms with van der Waals surface area (Å²) in [6, 6.07) is 9.80. The van der Waals surface area contributed by atoms with Crippen molar-refractivity contribution in [3.8, 4) is 0 Å². The number of amides is 3. The monoisotopic (exact) mass is 622 g/mol. The normalized spacial score (nSPS) is 32.6. The van der Waals surface area contributed by atoms with Gasteiger partial charge in [-0.05, 0) is 87.5 Å². The fraction of sp³-hybridized carbons (Fsp3) is 0.730. The zero-order valence-electron chi connectivity index (χ0n) is 28.7. The van der Waals surface area contributed by atoms with Gasteiger partial charge in [-0.2, -0.15) is 0 Å². The molecule has 2 aliphatic heterocycles. The van der Waals surface area contributed by atoms with Crippen LogP contribution in [0.2, 0.25) is 0 Å². The van der Waals surface area contributed by atoms with Crippen molar-refractivity contribution in [3.05, 3.63) is 47.7 Å². The van der Waals surface area contributed by atoms with Crippen LogP contribution in [0.3, 0.4) is 0 Å². The first kappa shape index (κ1) is 33.8. The average molecular weight is 623 g/mol. The average Bonchev–Trinajstić information content (AvgIpc) is 3.40. The lowest BCUT2D eigenvalue weighted by atomic mass is 9.68. The van der Waals surface area contributed by atoms with Crippen LogP contribution in [0, 0.1) is 29.6 Å². The lowest BCUT2D eigenvalue weighted by Gasteiger charge is -2.44. The van der Waals surface area contributed by atoms with Crippen molar-refractivity contribution in [2.24, 2.45) is 29.6 Å². The SMILES string of the molecule is CC(C)C1CCCC(C(C)C)C1NC(=O)NC(C)(CC1=CNC2CCCCC12)C(=O)NC1COC(C)(C)OC1c1ccccc1. The van der Waals surface area contributed by atoms with Gasteiger partial charge in [0.25, 0.3) is 0 Å². The molecule has 45 heavy (non-hydrogen) atoms. The Balaban J connectivity index is 1.38. The van der Waals surface area contributed by atoms with E-state index in [2.05, 4.69) is 55.2 Å². The van der Waals surface area contributed by atoms with E-state index in [0.717, 1.165) is 31.2 Å². The van der Waals surface area contributed by atoms with Crippen LogP contribution in [0.25, 0.3) is 0 Å². The summed E-state index contributed by atoms with van der Waals surface area (Å²) in [5.74, 6) is 1.15. The van der Waals surface area contributed by atoms with E-state index in [9.17, 15) is 9.59 Å². The first-order valence-electron chi connectivity index (χ1n) is 17.6. The lowest BCUT2D eigenvalue weighted by Crippen LogP contribution is -2.64. The van der Waals surface area contributed by atoms with E-state index in [1.807, 2.05) is 51.1 Å². The van der Waals surface area contributed by atoms with Crippen molar-refractivity contribution in [2.75, 3.05) is 6.61 Å². The Bertz CT molecular complexity index is 1180. The topological polar surface area (TPSA) is 101 Å². The number of hydrogen-bond acceptors (Lipinski definition) is 5. The molecule has 1 aromatic rings. The molecule has 0 bridgehead atoms. The minimum absolute atomic E-state index is 0.0750. The van der Waals surface area contributed by atoms with Crippen LogP contribution in [-0.4, -0.2) is 48.0 Å². The molecule has 2 aliphatic carbocycles. The summed E-state index contributed by atoms with van der Waals surface area (Å²) in [7, 11) is 0. The largest absolute Gasteiger partial charge is 0.388 e. The summed E-state index contributed by atoms with van der Waals surface area (Å²) < 4.78 is 12.4. The second-order valence-electron chi connectivity index (χ2n) is 15.5. The maximum atomic E-state index is 14.5. The molecule has 0 spiro atoms. The number of hydrogen-bond donors (Lipinski definition) is 4. The quantitative estimate of drug-likeness (QED) is 0.249. The van der Waals surface area contributed by atoms with Crippen molar-refractivity contribution in [2.45, 2.75) is 135 Å². The van der Waals surface area contributed by atoms with Gasteiger partial charge in [0.15, 0.2) is 5.79 Å². The van der Waals surface area contributed by atoms with E-state index in [0.29, 0.717) is 48.7 Å². The molecule has 3 fully saturated rings. The van der Waals surface area contributed by atoms with Crippen LogP contribution in [0.5, 0.6) is 0 Å². The van der Waals surface area contributed by atoms with Gasteiger partial charge in [-0.15, -0.1) is 0 Å². The van der Waals surface area contributed by atoms with Crippen LogP contribution in [0.1, 0.15) is 112 Å². The van der Waals surface area contributed by atoms with Crippen LogP contribution in [0.15, 0.2) is 42.1 Å². The molecular weight excluding hydrogens is 564 g/mol. The number of carbonyl (C=O) groups excluding carboxylic acids is 2. The number of nitrogens with one attached hydrogen (secondary N) is 4. The third-order valence-electron chi connectivity index (χ3n) is 11.0. The van der Waals surface area contributed by atoms with Crippen molar-refractivity contribution in [3.63, 3.8) is 0 Å². The summed E-state index contributed by atoms with van der Waals surface area (Å²) in [6.07, 6.45) is 10.3. The van der Waals surface area contributed by atoms with Crippen molar-refractivity contribution < 1.29 is 19.1 Å². The van der Waals surface area contributed by atoms with E-state index < -0.39 is 17.4 Å². The third-order valence-corrected chi connectivity index (χ3v) is 11.0. The fourth-order valence-electron chi connectivity index (χ4n) is 8.47. The molecule has 4 N–H and O–H groups in total. The number of urea groups is 1. The molecule has 1 aromatic carbocycles. The third kappa shape index (κ3) is 7.87. The molecule has 7 unspecified atom stereocenters. The van der Waals surface area contributed by atoms with Gasteiger partial charge in [0.2, 0.25) is 5.91 Å². The molecule has 0 aromatic heterocycles. The van der Waals surface area contributed by atoms with Gasteiger partial charge in [-0.25, -0.2) is 4.79 Å². The Kier molecular flexibility index (Phi) is 10.5. The lowest BCUT2D eigenvalue weighted by molar-refractivity contribution is -0.285. The number of ether oxygens (including phenoxy) is 2. The zero-order valence-corrected chi connectivity index (χ0v) is 28.7. The molecule has 1 saturated heterocycles. The van der Waals surface area contributed by atoms with Gasteiger partial charge in [0.05, 0.1) is 12.6 Å². The molecule has 250 valence electrons. The molecule has 7 atom stereocenters. The van der Waals surface area contributed by atoms with Crippen LogP contribution in [-0.2, 0) is 14.3 Å². The summed E-state index contributed by atoms with van der Waals surface area (Å²) >= 11 is 0. The van der Waals surface area contributed by atoms with E-state index in [1.165, 1.54) is 24.8 Å². The Morgan fingerprint density at radius 3 is 2.29 bits per heavy atom. The number of carbonyl (C=O) groups is 2. The predicted octanol–water partition coefficient (Wildman–Crippen LogP) is 6.59. The molecule has 4 aliphatic rings. The van der Waals surface area contributed by atoms with E-state index in [1.54, 1.807) is 0 Å². The minimum atomic E-state index is -1.17. The first-order chi connectivity index (χ1) is 21.4. The second kappa shape index (κ2) is 14.0. The Morgan fingerprint density at radius 2 is 1.62 bits per heavy atom. The van der Waals surface area contributed by atoms with E-state index in [-0.39, 0.29) is 24.1 Å². The standard InChI is InChI=1S/C37H58N4O4/c1-23(2)27-17-13-18-28(24(3)4)32(27)40-35(43)41-37(7,20-26-21-38-30-19-12-11-16-29(26)30)34(42)39-31-22-44-36(5,6)45-33(31)25-14-9-8-10-15-25/h8-10,14-15,21,23-24,27-33,38H,11-13,16-20,22H2,1-7H3,(H,39,42)(H2,40,41,43). The maximum Gasteiger partial charge on any atom is 0.315 e. The molecule has 8 heteroatoms. The summed E-state index contributed by atoms with van der Waals surface area (Å²) in [4.78, 5) is 28.5. The highest BCUT2D eigenvalue weighted by Gasteiger charge is 2.45. The van der Waals surface area contributed by atoms with E-state index in [4.69, 9.17) is 9.47 Å². The Morgan fingerprint density at radius 1 is 0.956 bits per heavy atom. The Hall–Kier alpha value is -2.58. The molecule has 8 nitrogen and oxygen atoms in total. The number of rotatable bonds is 9. The van der Waals surface area contributed by atoms with Crippen LogP contribution >= 0.6 is 0 Å². The van der Waals surface area contributed by atoms with Crippen molar-refractivity contribution in [1.82, 2.24) is 21.3 Å². The van der Waals surface area contributed by atoms with Crippen LogP contribution in [0.4, 0.5) is 4.79 Å². The number of benzene rings is 1. The highest BCUT2D eigenvalue weighted by molar-refractivity contribution is 5.91. The highest BCUT2D eigenvalue weighted by atomic mass is 16.7. The molecule has 3 amide bonds. The smallest absolute Gasteiger partial charge is 0.315 e. The summed E-state index contributed by atoms with van der Waals surface area (Å²) in [5, 5.41) is 13.5. The maximum absolute atomic E-state index is 14.5. The van der Waals surface area contributed by atoms with Crippen LogP contribution < -0.4 is 21.3 Å². The molecular formula is C37H58N4O4. The van der Waals surface area contributed by atoms with E-state index >= 15 is 0 Å². The zero-order chi connectivity index (χ0) is 32.4. The highest BCUT2D eigenvalue weighted by Crippen LogP contribution is 2.40. The van der Waals surface area contributed by atoms with Gasteiger partial charge in [-0.1, -0.05) is 77.3 Å². The molecule has 2 saturated carbocycles. The fourth-order valence-corrected chi connectivity index (χ4v) is 8.47. The summed E-state index contributed by atoms with van der Waals surface area (Å²) in [5.41, 5.74) is 1.02. The predicted molar refractivity (Wildman–Crippen MR) is 178 cm³/mol. The van der Waals surface area contributed by atoms with Gasteiger partial charge in [0, 0.05) is 24.4 Å². The first-order valence-corrected chi connectivity index (χ1v) is 17.6. The van der Waals surface area contributed by atoms with Gasteiger partial charge in [-0.3, -0.25) is 4.79 Å². The number of fused-ring (bicyclic) bond motifs is 1. The minimum Gasteiger partial charge on any atom is -0.388 e. The summed E-state index contributed by atoms with van der Waals surface area (Å²) in [6.45, 7) is 15.0. The molecule has 0 radical (unpaired) electrons. The van der Waals surface area contributed by atoms with Gasteiger partial charge in [0.1, 0.15) is 11.6 Å². The second-order valence-corrected chi connectivity index (χ2v) is 15.5. The Labute approximate surface area is 271 Å². The van der Waals surface area contributed by atoms with Crippen molar-refractivity contribution >= 4 is 11.9 Å². The van der Waals surface area contributed by atoms with Crippen molar-refractivity contribution in [1.29, 1.82) is 0 Å². The van der Waals surface area contributed by atoms with Gasteiger partial charge >= 0.3 is 6.03 Å². The van der Waals surface area contributed by atoms with Gasteiger partial charge < -0.3 is 30.7 Å². The molecule has 5 rings (SSSR count).